The third-order valence-electron chi connectivity index (χ3n) is 3.23. The third-order valence-corrected chi connectivity index (χ3v) is 3.48. The van der Waals surface area contributed by atoms with Crippen LogP contribution < -0.4 is 5.32 Å². The molecule has 0 amide bonds. The van der Waals surface area contributed by atoms with Gasteiger partial charge in [0.25, 0.3) is 5.69 Å². The molecule has 5 heteroatoms. The van der Waals surface area contributed by atoms with Crippen molar-refractivity contribution >= 4 is 17.3 Å². The van der Waals surface area contributed by atoms with E-state index in [2.05, 4.69) is 12.2 Å². The summed E-state index contributed by atoms with van der Waals surface area (Å²) in [5.41, 5.74) is 2.24. The lowest BCUT2D eigenvalue weighted by Gasteiger charge is -2.14. The fourth-order valence-electron chi connectivity index (χ4n) is 2.12. The number of benzene rings is 2. The van der Waals surface area contributed by atoms with Gasteiger partial charge in [-0.2, -0.15) is 0 Å². The second kappa shape index (κ2) is 7.20. The predicted octanol–water partition coefficient (Wildman–Crippen LogP) is 3.97. The monoisotopic (exact) mass is 304 g/mol. The van der Waals surface area contributed by atoms with E-state index in [4.69, 9.17) is 11.6 Å². The van der Waals surface area contributed by atoms with Gasteiger partial charge < -0.3 is 5.32 Å². The van der Waals surface area contributed by atoms with Crippen molar-refractivity contribution in [3.05, 3.63) is 74.8 Å². The van der Waals surface area contributed by atoms with Crippen LogP contribution >= 0.6 is 11.6 Å². The molecule has 0 saturated heterocycles. The summed E-state index contributed by atoms with van der Waals surface area (Å²) in [6.07, 6.45) is 0.881. The average Bonchev–Trinajstić information content (AvgIpc) is 2.48. The van der Waals surface area contributed by atoms with Crippen molar-refractivity contribution in [3.8, 4) is 0 Å². The summed E-state index contributed by atoms with van der Waals surface area (Å²) in [6, 6.07) is 14.7. The molecule has 1 N–H and O–H groups in total. The zero-order chi connectivity index (χ0) is 15.2. The van der Waals surface area contributed by atoms with Crippen LogP contribution in [0.4, 0.5) is 5.69 Å². The Labute approximate surface area is 128 Å². The quantitative estimate of drug-likeness (QED) is 0.649. The van der Waals surface area contributed by atoms with Crippen LogP contribution in [0.2, 0.25) is 5.02 Å². The van der Waals surface area contributed by atoms with E-state index in [1.807, 2.05) is 30.3 Å². The van der Waals surface area contributed by atoms with Gasteiger partial charge in [-0.25, -0.2) is 0 Å². The van der Waals surface area contributed by atoms with Crippen LogP contribution in [0.5, 0.6) is 0 Å². The Balaban J connectivity index is 1.89. The highest BCUT2D eigenvalue weighted by Crippen LogP contribution is 2.14. The lowest BCUT2D eigenvalue weighted by Crippen LogP contribution is -2.27. The molecular formula is C16H17ClN2O2. The highest BCUT2D eigenvalue weighted by Gasteiger charge is 2.07. The normalized spacial score (nSPS) is 12.1. The zero-order valence-electron chi connectivity index (χ0n) is 11.8. The van der Waals surface area contributed by atoms with Gasteiger partial charge in [0.15, 0.2) is 0 Å². The second-order valence-corrected chi connectivity index (χ2v) is 5.48. The molecule has 1 unspecified atom stereocenters. The van der Waals surface area contributed by atoms with E-state index in [9.17, 15) is 10.1 Å². The van der Waals surface area contributed by atoms with Crippen LogP contribution in [-0.4, -0.2) is 11.0 Å². The Morgan fingerprint density at radius 2 is 1.90 bits per heavy atom. The number of nitro benzene ring substituents is 1. The Morgan fingerprint density at radius 3 is 2.57 bits per heavy atom. The summed E-state index contributed by atoms with van der Waals surface area (Å²) in [5, 5.41) is 14.8. The van der Waals surface area contributed by atoms with Gasteiger partial charge in [0.2, 0.25) is 0 Å². The molecule has 21 heavy (non-hydrogen) atoms. The van der Waals surface area contributed by atoms with Gasteiger partial charge in [-0.1, -0.05) is 35.9 Å². The first-order valence-electron chi connectivity index (χ1n) is 6.76. The van der Waals surface area contributed by atoms with Gasteiger partial charge in [0.05, 0.1) is 4.92 Å². The molecule has 2 aromatic carbocycles. The minimum Gasteiger partial charge on any atom is -0.310 e. The van der Waals surface area contributed by atoms with Crippen LogP contribution in [0, 0.1) is 10.1 Å². The van der Waals surface area contributed by atoms with Gasteiger partial charge in [-0.05, 0) is 36.6 Å². The zero-order valence-corrected chi connectivity index (χ0v) is 12.5. The van der Waals surface area contributed by atoms with Gasteiger partial charge >= 0.3 is 0 Å². The average molecular weight is 305 g/mol. The fourth-order valence-corrected chi connectivity index (χ4v) is 2.24. The number of hydrogen-bond acceptors (Lipinski definition) is 3. The summed E-state index contributed by atoms with van der Waals surface area (Å²) < 4.78 is 0. The van der Waals surface area contributed by atoms with E-state index in [0.29, 0.717) is 6.54 Å². The minimum atomic E-state index is -0.374. The molecule has 0 aliphatic heterocycles. The predicted molar refractivity (Wildman–Crippen MR) is 84.6 cm³/mol. The highest BCUT2D eigenvalue weighted by molar-refractivity contribution is 6.30. The number of rotatable bonds is 6. The van der Waals surface area contributed by atoms with Crippen LogP contribution in [-0.2, 0) is 13.0 Å². The standard InChI is InChI=1S/C16H17ClN2O2/c1-12(9-13-5-7-15(17)8-6-13)18-11-14-3-2-4-16(10-14)19(20)21/h2-8,10,12,18H,9,11H2,1H3. The number of nitrogens with one attached hydrogen (secondary N) is 1. The van der Waals surface area contributed by atoms with E-state index in [1.165, 1.54) is 11.6 Å². The largest absolute Gasteiger partial charge is 0.310 e. The molecule has 0 aliphatic rings. The molecule has 0 fully saturated rings. The number of nitrogens with zero attached hydrogens (tertiary/aromatic N) is 1. The van der Waals surface area contributed by atoms with Crippen LogP contribution in [0.15, 0.2) is 48.5 Å². The lowest BCUT2D eigenvalue weighted by atomic mass is 10.1. The van der Waals surface area contributed by atoms with Crippen molar-refractivity contribution in [3.63, 3.8) is 0 Å². The molecule has 0 saturated carbocycles. The maximum absolute atomic E-state index is 10.7. The lowest BCUT2D eigenvalue weighted by molar-refractivity contribution is -0.384. The molecule has 110 valence electrons. The van der Waals surface area contributed by atoms with Crippen molar-refractivity contribution in [1.82, 2.24) is 5.32 Å². The maximum atomic E-state index is 10.7. The number of halogens is 1. The number of nitro groups is 1. The Hall–Kier alpha value is -1.91. The summed E-state index contributed by atoms with van der Waals surface area (Å²) in [4.78, 5) is 10.4. The molecule has 1 atom stereocenters. The minimum absolute atomic E-state index is 0.125. The van der Waals surface area contributed by atoms with Crippen molar-refractivity contribution in [1.29, 1.82) is 0 Å². The molecule has 0 bridgehead atoms. The number of non-ortho nitro benzene ring substituents is 1. The summed E-state index contributed by atoms with van der Waals surface area (Å²) in [5.74, 6) is 0. The summed E-state index contributed by atoms with van der Waals surface area (Å²) in [7, 11) is 0. The van der Waals surface area contributed by atoms with Crippen LogP contribution in [0.1, 0.15) is 18.1 Å². The molecule has 0 aliphatic carbocycles. The van der Waals surface area contributed by atoms with Gasteiger partial charge in [-0.15, -0.1) is 0 Å². The van der Waals surface area contributed by atoms with Crippen LogP contribution in [0.25, 0.3) is 0 Å². The Bertz CT molecular complexity index is 614. The molecule has 0 spiro atoms. The first-order chi connectivity index (χ1) is 10.0. The van der Waals surface area contributed by atoms with Crippen molar-refractivity contribution in [2.24, 2.45) is 0 Å². The smallest absolute Gasteiger partial charge is 0.269 e. The molecule has 2 aromatic rings. The van der Waals surface area contributed by atoms with Gasteiger partial charge in [0, 0.05) is 29.7 Å². The SMILES string of the molecule is CC(Cc1ccc(Cl)cc1)NCc1cccc([N+](=O)[O-])c1. The van der Waals surface area contributed by atoms with E-state index in [-0.39, 0.29) is 16.7 Å². The maximum Gasteiger partial charge on any atom is 0.269 e. The molecule has 0 aromatic heterocycles. The van der Waals surface area contributed by atoms with Crippen molar-refractivity contribution in [2.45, 2.75) is 25.9 Å². The van der Waals surface area contributed by atoms with Crippen molar-refractivity contribution in [2.75, 3.05) is 0 Å². The van der Waals surface area contributed by atoms with Gasteiger partial charge in [-0.3, -0.25) is 10.1 Å². The molecule has 4 nitrogen and oxygen atoms in total. The van der Waals surface area contributed by atoms with E-state index in [1.54, 1.807) is 12.1 Å². The van der Waals surface area contributed by atoms with E-state index >= 15 is 0 Å². The van der Waals surface area contributed by atoms with E-state index < -0.39 is 0 Å². The number of hydrogen-bond donors (Lipinski definition) is 1. The Kier molecular flexibility index (Phi) is 5.31. The summed E-state index contributed by atoms with van der Waals surface area (Å²) in [6.45, 7) is 2.70. The van der Waals surface area contributed by atoms with Crippen LogP contribution in [0.3, 0.4) is 0 Å². The molecule has 0 heterocycles. The first-order valence-corrected chi connectivity index (χ1v) is 7.13. The molecule has 0 radical (unpaired) electrons. The molecular weight excluding hydrogens is 288 g/mol. The second-order valence-electron chi connectivity index (χ2n) is 5.04. The van der Waals surface area contributed by atoms with Crippen molar-refractivity contribution < 1.29 is 4.92 Å². The topological polar surface area (TPSA) is 55.2 Å². The summed E-state index contributed by atoms with van der Waals surface area (Å²) >= 11 is 5.86. The Morgan fingerprint density at radius 1 is 1.19 bits per heavy atom. The van der Waals surface area contributed by atoms with Gasteiger partial charge in [0.1, 0.15) is 0 Å². The fraction of sp³-hybridized carbons (Fsp3) is 0.250. The molecule has 2 rings (SSSR count). The highest BCUT2D eigenvalue weighted by atomic mass is 35.5. The first kappa shape index (κ1) is 15.5. The van der Waals surface area contributed by atoms with E-state index in [0.717, 1.165) is 17.0 Å². The third kappa shape index (κ3) is 4.85.